The summed E-state index contributed by atoms with van der Waals surface area (Å²) in [4.78, 5) is 58.6. The normalized spacial score (nSPS) is 23.9. The highest BCUT2D eigenvalue weighted by Gasteiger charge is 2.68. The molecule has 2 saturated carbocycles. The molecule has 12 heteroatoms. The van der Waals surface area contributed by atoms with Crippen LogP contribution in [0.4, 0.5) is 5.82 Å². The molecule has 2 amide bonds. The Hall–Kier alpha value is -4.03. The van der Waals surface area contributed by atoms with E-state index in [2.05, 4.69) is 46.2 Å². The molecule has 1 N–H and O–H groups in total. The quantitative estimate of drug-likeness (QED) is 0.204. The third-order valence-electron chi connectivity index (χ3n) is 10.7. The fourth-order valence-electron chi connectivity index (χ4n) is 8.04. The van der Waals surface area contributed by atoms with Gasteiger partial charge in [-0.3, -0.25) is 19.1 Å². The molecular formula is C35H37BrN8O3. The summed E-state index contributed by atoms with van der Waals surface area (Å²) in [5, 5.41) is 8.39. The first-order valence-electron chi connectivity index (χ1n) is 16.2. The highest BCUT2D eigenvalue weighted by molar-refractivity contribution is 9.10. The summed E-state index contributed by atoms with van der Waals surface area (Å²) >= 11 is 3.41. The first-order valence-corrected chi connectivity index (χ1v) is 17.0. The van der Waals surface area contributed by atoms with Gasteiger partial charge in [-0.1, -0.05) is 6.07 Å². The maximum Gasteiger partial charge on any atom is 0.248 e. The summed E-state index contributed by atoms with van der Waals surface area (Å²) in [7, 11) is 0. The van der Waals surface area contributed by atoms with Crippen LogP contribution in [0.15, 0.2) is 41.3 Å². The van der Waals surface area contributed by atoms with Gasteiger partial charge in [0.05, 0.1) is 5.52 Å². The van der Waals surface area contributed by atoms with Gasteiger partial charge in [0.25, 0.3) is 0 Å². The van der Waals surface area contributed by atoms with Crippen LogP contribution in [0.25, 0.3) is 22.0 Å². The Bertz CT molecular complexity index is 1980. The first kappa shape index (κ1) is 30.3. The zero-order chi connectivity index (χ0) is 32.8. The molecule has 5 heterocycles. The van der Waals surface area contributed by atoms with Gasteiger partial charge in [0.15, 0.2) is 5.78 Å². The number of piperidine rings is 1. The van der Waals surface area contributed by atoms with Crippen molar-refractivity contribution in [3.8, 4) is 11.1 Å². The standard InChI is InChI=1S/C35H37BrN8O3/c1-19-5-6-28(36)39-32(19)40-33(47)26-11-35(18-42-16-34(17-42)7-8-34)12-27(35)44(26)29(46)15-43-31-20(2)9-23(24-13-37-22(4)38-14-24)10-25(31)30(41-43)21(3)45/h5-6,9-10,13-14,26-27H,7-8,11-12,15-18H2,1-4H3,(H,39,40,47)/t26-,27+,35-/m0/s1. The minimum Gasteiger partial charge on any atom is -0.325 e. The predicted octanol–water partition coefficient (Wildman–Crippen LogP) is 4.87. The third-order valence-corrected chi connectivity index (χ3v) is 11.1. The van der Waals surface area contributed by atoms with E-state index in [1.807, 2.05) is 49.9 Å². The van der Waals surface area contributed by atoms with Crippen molar-refractivity contribution >= 4 is 50.2 Å². The van der Waals surface area contributed by atoms with Crippen LogP contribution in [0.5, 0.6) is 0 Å². The lowest BCUT2D eigenvalue weighted by Crippen LogP contribution is -2.50. The van der Waals surface area contributed by atoms with E-state index in [1.54, 1.807) is 17.1 Å². The number of Topliss-reactive ketones (excluding diaryl/α,β-unsaturated/α-hetero) is 1. The number of hydrogen-bond donors (Lipinski definition) is 1. The number of aromatic nitrogens is 5. The van der Waals surface area contributed by atoms with Crippen molar-refractivity contribution in [3.05, 3.63) is 63.9 Å². The molecule has 4 aromatic rings. The highest BCUT2D eigenvalue weighted by Crippen LogP contribution is 2.62. The minimum absolute atomic E-state index is 0.0126. The molecule has 0 bridgehead atoms. The molecule has 4 aliphatic rings. The van der Waals surface area contributed by atoms with E-state index in [-0.39, 0.29) is 35.6 Å². The average molecular weight is 698 g/mol. The van der Waals surface area contributed by atoms with Gasteiger partial charge in [-0.05, 0) is 103 Å². The second kappa shape index (κ2) is 10.7. The molecule has 1 aromatic carbocycles. The third kappa shape index (κ3) is 5.25. The predicted molar refractivity (Wildman–Crippen MR) is 180 cm³/mol. The van der Waals surface area contributed by atoms with Gasteiger partial charge >= 0.3 is 0 Å². The molecule has 242 valence electrons. The van der Waals surface area contributed by atoms with E-state index in [0.29, 0.717) is 39.2 Å². The number of hydrogen-bond acceptors (Lipinski definition) is 8. The van der Waals surface area contributed by atoms with Crippen molar-refractivity contribution in [3.63, 3.8) is 0 Å². The van der Waals surface area contributed by atoms with Crippen molar-refractivity contribution in [2.24, 2.45) is 10.8 Å². The maximum atomic E-state index is 14.4. The van der Waals surface area contributed by atoms with Crippen LogP contribution >= 0.6 is 15.9 Å². The Balaban J connectivity index is 1.10. The number of nitrogens with one attached hydrogen (secondary N) is 1. The number of benzene rings is 1. The fourth-order valence-corrected chi connectivity index (χ4v) is 8.35. The van der Waals surface area contributed by atoms with Crippen molar-refractivity contribution in [1.29, 1.82) is 0 Å². The van der Waals surface area contributed by atoms with E-state index in [9.17, 15) is 14.4 Å². The summed E-state index contributed by atoms with van der Waals surface area (Å²) in [6, 6.07) is 7.03. The van der Waals surface area contributed by atoms with Crippen LogP contribution in [-0.2, 0) is 16.1 Å². The van der Waals surface area contributed by atoms with E-state index in [0.717, 1.165) is 53.8 Å². The number of aryl methyl sites for hydroxylation is 3. The van der Waals surface area contributed by atoms with E-state index in [4.69, 9.17) is 0 Å². The second-order valence-electron chi connectivity index (χ2n) is 14.3. The zero-order valence-electron chi connectivity index (χ0n) is 27.0. The van der Waals surface area contributed by atoms with Gasteiger partial charge in [0.2, 0.25) is 11.8 Å². The highest BCUT2D eigenvalue weighted by atomic mass is 79.9. The van der Waals surface area contributed by atoms with Gasteiger partial charge in [0.1, 0.15) is 34.5 Å². The van der Waals surface area contributed by atoms with Crippen molar-refractivity contribution in [1.82, 2.24) is 34.5 Å². The Morgan fingerprint density at radius 2 is 1.74 bits per heavy atom. The molecule has 2 saturated heterocycles. The number of pyridine rings is 1. The van der Waals surface area contributed by atoms with Crippen molar-refractivity contribution in [2.75, 3.05) is 25.0 Å². The second-order valence-corrected chi connectivity index (χ2v) is 15.1. The Kier molecular flexibility index (Phi) is 6.93. The smallest absolute Gasteiger partial charge is 0.248 e. The lowest BCUT2D eigenvalue weighted by molar-refractivity contribution is -0.138. The molecule has 8 rings (SSSR count). The summed E-state index contributed by atoms with van der Waals surface area (Å²) in [6.45, 7) is 10.3. The van der Waals surface area contributed by atoms with Gasteiger partial charge in [0, 0.05) is 61.4 Å². The number of anilines is 1. The number of ketones is 1. The van der Waals surface area contributed by atoms with Crippen LogP contribution in [0, 0.1) is 31.6 Å². The Morgan fingerprint density at radius 1 is 1.00 bits per heavy atom. The molecule has 4 fully saturated rings. The number of fused-ring (bicyclic) bond motifs is 2. The van der Waals surface area contributed by atoms with Gasteiger partial charge in [-0.2, -0.15) is 5.10 Å². The van der Waals surface area contributed by atoms with Gasteiger partial charge < -0.3 is 15.1 Å². The number of carbonyl (C=O) groups excluding carboxylic acids is 3. The molecule has 0 radical (unpaired) electrons. The fraction of sp³-hybridized carbons (Fsp3) is 0.457. The average Bonchev–Trinajstić information content (AvgIpc) is 3.88. The lowest BCUT2D eigenvalue weighted by atomic mass is 9.91. The van der Waals surface area contributed by atoms with E-state index < -0.39 is 6.04 Å². The molecule has 47 heavy (non-hydrogen) atoms. The van der Waals surface area contributed by atoms with Crippen LogP contribution in [0.1, 0.15) is 60.0 Å². The maximum absolute atomic E-state index is 14.4. The monoisotopic (exact) mass is 696 g/mol. The minimum atomic E-state index is -0.624. The zero-order valence-corrected chi connectivity index (χ0v) is 28.6. The lowest BCUT2D eigenvalue weighted by Gasteiger charge is -2.42. The molecule has 11 nitrogen and oxygen atoms in total. The summed E-state index contributed by atoms with van der Waals surface area (Å²) in [6.07, 6.45) is 7.66. The van der Waals surface area contributed by atoms with Gasteiger partial charge in [-0.25, -0.2) is 15.0 Å². The molecule has 3 atom stereocenters. The molecular weight excluding hydrogens is 660 g/mol. The number of likely N-dealkylation sites (tertiary alicyclic amines) is 2. The SMILES string of the molecule is CC(=O)c1nn(CC(=O)N2[C@H](C(=O)Nc3nc(Br)ccc3C)C[C@@]3(CN4CC5(CC5)C4)C[C@@H]23)c2c(C)cc(-c3cnc(C)nc3)cc12. The van der Waals surface area contributed by atoms with E-state index in [1.165, 1.54) is 19.8 Å². The topological polar surface area (TPSA) is 126 Å². The summed E-state index contributed by atoms with van der Waals surface area (Å²) in [5.74, 6) is 0.579. The molecule has 3 aromatic heterocycles. The largest absolute Gasteiger partial charge is 0.325 e. The Labute approximate surface area is 281 Å². The van der Waals surface area contributed by atoms with Crippen LogP contribution in [0.3, 0.4) is 0 Å². The molecule has 2 aliphatic carbocycles. The first-order chi connectivity index (χ1) is 22.4. The van der Waals surface area contributed by atoms with Crippen LogP contribution in [0.2, 0.25) is 0 Å². The molecule has 0 unspecified atom stereocenters. The van der Waals surface area contributed by atoms with Crippen LogP contribution < -0.4 is 5.32 Å². The summed E-state index contributed by atoms with van der Waals surface area (Å²) in [5.41, 5.74) is 4.92. The number of halogens is 1. The number of nitrogens with zero attached hydrogens (tertiary/aromatic N) is 7. The summed E-state index contributed by atoms with van der Waals surface area (Å²) < 4.78 is 2.27. The molecule has 1 spiro atoms. The van der Waals surface area contributed by atoms with Crippen LogP contribution in [-0.4, -0.2) is 83.8 Å². The van der Waals surface area contributed by atoms with Crippen molar-refractivity contribution in [2.45, 2.75) is 72.0 Å². The molecule has 2 aliphatic heterocycles. The van der Waals surface area contributed by atoms with Crippen molar-refractivity contribution < 1.29 is 14.4 Å². The number of rotatable bonds is 8. The number of amides is 2. The van der Waals surface area contributed by atoms with Gasteiger partial charge in [-0.15, -0.1) is 0 Å². The Morgan fingerprint density at radius 3 is 2.45 bits per heavy atom. The van der Waals surface area contributed by atoms with E-state index >= 15 is 0 Å². The number of carbonyl (C=O) groups is 3.